The second kappa shape index (κ2) is 18.1. The first-order chi connectivity index (χ1) is 23.1. The van der Waals surface area contributed by atoms with Crippen molar-refractivity contribution in [3.8, 4) is 22.6 Å². The molecular weight excluding hydrogens is 617 g/mol. The summed E-state index contributed by atoms with van der Waals surface area (Å²) in [6.07, 6.45) is 3.17. The van der Waals surface area contributed by atoms with Crippen LogP contribution in [0.1, 0.15) is 113 Å². The summed E-state index contributed by atoms with van der Waals surface area (Å²) in [5.74, 6) is -0.719. The van der Waals surface area contributed by atoms with E-state index in [1.165, 1.54) is 25.7 Å². The van der Waals surface area contributed by atoms with Gasteiger partial charge in [-0.05, 0) is 111 Å². The summed E-state index contributed by atoms with van der Waals surface area (Å²) in [5, 5.41) is 0. The number of halogens is 3. The van der Waals surface area contributed by atoms with E-state index >= 15 is 0 Å². The predicted octanol–water partition coefficient (Wildman–Crippen LogP) is 10.9. The van der Waals surface area contributed by atoms with Crippen LogP contribution in [0.15, 0.2) is 66.7 Å². The molecule has 1 aliphatic rings. The highest BCUT2D eigenvalue weighted by Gasteiger charge is 2.43. The van der Waals surface area contributed by atoms with Gasteiger partial charge in [0.25, 0.3) is 0 Å². The first kappa shape index (κ1) is 37.0. The Morgan fingerprint density at radius 2 is 1.38 bits per heavy atom. The summed E-state index contributed by atoms with van der Waals surface area (Å²) in [4.78, 5) is 25.7. The maximum Gasteiger partial charge on any atom is 0.425 e. The normalized spacial score (nSPS) is 15.7. The third kappa shape index (κ3) is 11.1. The lowest BCUT2D eigenvalue weighted by molar-refractivity contribution is -0.225. The molecule has 4 rings (SSSR count). The number of esters is 2. The van der Waals surface area contributed by atoms with Gasteiger partial charge in [0, 0.05) is 0 Å². The molecule has 3 aromatic rings. The number of unbranched alkanes of at least 4 members (excludes halogenated alkanes) is 6. The Kier molecular flexibility index (Phi) is 14.0. The van der Waals surface area contributed by atoms with Crippen molar-refractivity contribution in [2.45, 2.75) is 123 Å². The Morgan fingerprint density at radius 1 is 0.771 bits per heavy atom. The van der Waals surface area contributed by atoms with E-state index < -0.39 is 30.1 Å². The lowest BCUT2D eigenvalue weighted by atomic mass is 9.84. The van der Waals surface area contributed by atoms with Gasteiger partial charge in [-0.1, -0.05) is 82.7 Å². The molecule has 48 heavy (non-hydrogen) atoms. The van der Waals surface area contributed by atoms with E-state index in [0.29, 0.717) is 37.0 Å². The van der Waals surface area contributed by atoms with E-state index in [0.717, 1.165) is 47.3 Å². The smallest absolute Gasteiger partial charge is 0.425 e. The molecule has 0 fully saturated rings. The number of carbonyl (C=O) groups excluding carboxylic acids is 2. The van der Waals surface area contributed by atoms with Crippen LogP contribution in [0.4, 0.5) is 13.2 Å². The van der Waals surface area contributed by atoms with Crippen molar-refractivity contribution in [1.82, 2.24) is 0 Å². The highest BCUT2D eigenvalue weighted by molar-refractivity contribution is 5.91. The number of hydrogen-bond donors (Lipinski definition) is 0. The van der Waals surface area contributed by atoms with Gasteiger partial charge in [-0.2, -0.15) is 13.2 Å². The van der Waals surface area contributed by atoms with Crippen LogP contribution in [0.25, 0.3) is 11.1 Å². The Hall–Kier alpha value is -3.81. The summed E-state index contributed by atoms with van der Waals surface area (Å²) >= 11 is 0. The van der Waals surface area contributed by atoms with Gasteiger partial charge in [0.2, 0.25) is 0 Å². The Morgan fingerprint density at radius 3 is 2.00 bits per heavy atom. The van der Waals surface area contributed by atoms with Crippen molar-refractivity contribution < 1.29 is 37.0 Å². The van der Waals surface area contributed by atoms with Crippen LogP contribution >= 0.6 is 0 Å². The average Bonchev–Trinajstić information content (AvgIpc) is 3.07. The zero-order chi connectivity index (χ0) is 34.5. The maximum atomic E-state index is 13.5. The fourth-order valence-electron chi connectivity index (χ4n) is 6.12. The standard InChI is InChI=1S/C40H49F3O5/c1-4-6-8-10-12-28(3)46-35-23-20-30(21-24-35)29-14-16-31(17-15-29)38(44)47-36-25-22-32-26-34(19-18-33(32)27-36)39(45)48-37(40(41,42)43)13-11-9-7-5-2/h14-17,20-25,27-28,34,37H,4-13,18-19,26H2,1-3H3/t28-,34?,37+/m0/s1. The molecule has 0 heterocycles. The van der Waals surface area contributed by atoms with Crippen LogP contribution in [0.2, 0.25) is 0 Å². The van der Waals surface area contributed by atoms with Gasteiger partial charge in [0.05, 0.1) is 17.6 Å². The van der Waals surface area contributed by atoms with Crippen LogP contribution < -0.4 is 9.47 Å². The zero-order valence-corrected chi connectivity index (χ0v) is 28.5. The van der Waals surface area contributed by atoms with Crippen LogP contribution in [0, 0.1) is 5.92 Å². The third-order valence-electron chi connectivity index (χ3n) is 9.00. The van der Waals surface area contributed by atoms with E-state index in [1.54, 1.807) is 30.3 Å². The van der Waals surface area contributed by atoms with Crippen molar-refractivity contribution in [2.75, 3.05) is 0 Å². The first-order valence-corrected chi connectivity index (χ1v) is 17.6. The van der Waals surface area contributed by atoms with E-state index in [-0.39, 0.29) is 18.9 Å². The van der Waals surface area contributed by atoms with Gasteiger partial charge >= 0.3 is 18.1 Å². The molecule has 0 amide bonds. The van der Waals surface area contributed by atoms with Gasteiger partial charge in [0.1, 0.15) is 11.5 Å². The van der Waals surface area contributed by atoms with Crippen LogP contribution in [-0.2, 0) is 22.4 Å². The maximum absolute atomic E-state index is 13.5. The fourth-order valence-corrected chi connectivity index (χ4v) is 6.12. The molecule has 0 aromatic heterocycles. The van der Waals surface area contributed by atoms with E-state index in [4.69, 9.17) is 14.2 Å². The Labute approximate surface area is 283 Å². The molecule has 3 aromatic carbocycles. The van der Waals surface area contributed by atoms with Gasteiger partial charge < -0.3 is 14.2 Å². The molecule has 0 bridgehead atoms. The van der Waals surface area contributed by atoms with Crippen molar-refractivity contribution >= 4 is 11.9 Å². The van der Waals surface area contributed by atoms with Crippen LogP contribution in [-0.4, -0.2) is 30.3 Å². The summed E-state index contributed by atoms with van der Waals surface area (Å²) in [7, 11) is 0. The van der Waals surface area contributed by atoms with Crippen molar-refractivity contribution in [1.29, 1.82) is 0 Å². The Bertz CT molecular complexity index is 1450. The minimum Gasteiger partial charge on any atom is -0.491 e. The number of rotatable bonds is 17. The molecule has 1 unspecified atom stereocenters. The fraction of sp³-hybridized carbons (Fsp3) is 0.500. The van der Waals surface area contributed by atoms with E-state index in [1.807, 2.05) is 43.3 Å². The minimum absolute atomic E-state index is 0.165. The molecule has 1 aliphatic carbocycles. The summed E-state index contributed by atoms with van der Waals surface area (Å²) in [6, 6.07) is 20.4. The van der Waals surface area contributed by atoms with E-state index in [9.17, 15) is 22.8 Å². The van der Waals surface area contributed by atoms with E-state index in [2.05, 4.69) is 13.8 Å². The molecule has 8 heteroatoms. The highest BCUT2D eigenvalue weighted by Crippen LogP contribution is 2.33. The lowest BCUT2D eigenvalue weighted by Crippen LogP contribution is -2.37. The van der Waals surface area contributed by atoms with Crippen molar-refractivity contribution in [3.05, 3.63) is 83.4 Å². The summed E-state index contributed by atoms with van der Waals surface area (Å²) < 4.78 is 57.3. The Balaban J connectivity index is 1.28. The number of benzene rings is 3. The number of fused-ring (bicyclic) bond motifs is 1. The van der Waals surface area contributed by atoms with Gasteiger partial charge in [-0.25, -0.2) is 4.79 Å². The monoisotopic (exact) mass is 666 g/mol. The van der Waals surface area contributed by atoms with Crippen molar-refractivity contribution in [3.63, 3.8) is 0 Å². The molecule has 3 atom stereocenters. The average molecular weight is 667 g/mol. The zero-order valence-electron chi connectivity index (χ0n) is 28.5. The summed E-state index contributed by atoms with van der Waals surface area (Å²) in [5.41, 5.74) is 4.13. The molecule has 5 nitrogen and oxygen atoms in total. The third-order valence-corrected chi connectivity index (χ3v) is 9.00. The number of carbonyl (C=O) groups is 2. The van der Waals surface area contributed by atoms with Crippen LogP contribution in [0.5, 0.6) is 11.5 Å². The number of aryl methyl sites for hydroxylation is 1. The van der Waals surface area contributed by atoms with Gasteiger partial charge in [-0.3, -0.25) is 4.79 Å². The molecule has 0 saturated heterocycles. The highest BCUT2D eigenvalue weighted by atomic mass is 19.4. The lowest BCUT2D eigenvalue weighted by Gasteiger charge is -2.27. The largest absolute Gasteiger partial charge is 0.491 e. The molecule has 0 aliphatic heterocycles. The minimum atomic E-state index is -4.58. The van der Waals surface area contributed by atoms with Gasteiger partial charge in [-0.15, -0.1) is 0 Å². The molecule has 0 saturated carbocycles. The molecule has 260 valence electrons. The first-order valence-electron chi connectivity index (χ1n) is 17.6. The van der Waals surface area contributed by atoms with Crippen molar-refractivity contribution in [2.24, 2.45) is 5.92 Å². The molecular formula is C40H49F3O5. The quantitative estimate of drug-likeness (QED) is 0.0815. The topological polar surface area (TPSA) is 61.8 Å². The predicted molar refractivity (Wildman–Crippen MR) is 182 cm³/mol. The van der Waals surface area contributed by atoms with Crippen LogP contribution in [0.3, 0.4) is 0 Å². The second-order valence-corrected chi connectivity index (χ2v) is 13.0. The number of ether oxygens (including phenoxy) is 3. The molecule has 0 radical (unpaired) electrons. The summed E-state index contributed by atoms with van der Waals surface area (Å²) in [6.45, 7) is 6.30. The number of hydrogen-bond acceptors (Lipinski definition) is 5. The molecule has 0 spiro atoms. The van der Waals surface area contributed by atoms with Gasteiger partial charge in [0.15, 0.2) is 6.10 Å². The molecule has 0 N–H and O–H groups in total. The second-order valence-electron chi connectivity index (χ2n) is 13.0. The SMILES string of the molecule is CCCCCC[C@H](C)Oc1ccc(-c2ccc(C(=O)Oc3ccc4c(c3)CCC(C(=O)O[C@H](CCCCCC)C(F)(F)F)C4)cc2)cc1. The number of alkyl halides is 3.